The Balaban J connectivity index is 1.21. The van der Waals surface area contributed by atoms with E-state index in [1.807, 2.05) is 12.1 Å². The van der Waals surface area contributed by atoms with Crippen LogP contribution in [0.3, 0.4) is 0 Å². The predicted molar refractivity (Wildman–Crippen MR) is 177 cm³/mol. The number of rotatable bonds is 9. The number of alkyl halides is 1. The molecular formula is C38H59FO5S. The number of fused-ring (bicyclic) bond motifs is 5. The van der Waals surface area contributed by atoms with E-state index in [1.54, 1.807) is 12.1 Å². The molecule has 4 aliphatic rings. The number of halogens is 1. The molecule has 4 fully saturated rings. The van der Waals surface area contributed by atoms with Crippen molar-refractivity contribution < 1.29 is 27.8 Å². The first kappa shape index (κ1) is 35.0. The van der Waals surface area contributed by atoms with Crippen molar-refractivity contribution in [1.82, 2.24) is 0 Å². The maximum Gasteiger partial charge on any atom is 0.185 e. The minimum Gasteiger partial charge on any atom is -0.393 e. The second-order valence-electron chi connectivity index (χ2n) is 17.1. The minimum atomic E-state index is -3.67. The van der Waals surface area contributed by atoms with E-state index in [9.17, 15) is 23.4 Å². The lowest BCUT2D eigenvalue weighted by Gasteiger charge is -2.65. The number of aliphatic hydroxyl groups is 2. The molecule has 5 nitrogen and oxygen atoms in total. The number of aliphatic hydroxyl groups excluding tert-OH is 2. The summed E-state index contributed by atoms with van der Waals surface area (Å²) in [6.45, 7) is 15.3. The van der Waals surface area contributed by atoms with Gasteiger partial charge in [0.25, 0.3) is 0 Å². The summed E-state index contributed by atoms with van der Waals surface area (Å²) in [6.07, 6.45) is 5.44. The normalized spacial score (nSPS) is 40.7. The number of benzene rings is 1. The van der Waals surface area contributed by atoms with Gasteiger partial charge in [-0.1, -0.05) is 73.4 Å². The third-order valence-corrected chi connectivity index (χ3v) is 15.4. The molecule has 5 unspecified atom stereocenters. The molecule has 2 N–H and O–H groups in total. The van der Waals surface area contributed by atoms with E-state index < -0.39 is 34.0 Å². The second kappa shape index (κ2) is 12.6. The highest BCUT2D eigenvalue weighted by atomic mass is 32.2. The van der Waals surface area contributed by atoms with Gasteiger partial charge in [-0.05, 0) is 114 Å². The van der Waals surface area contributed by atoms with Crippen molar-refractivity contribution in [3.8, 4) is 0 Å². The van der Waals surface area contributed by atoms with Gasteiger partial charge >= 0.3 is 0 Å². The number of sulfone groups is 1. The molecule has 254 valence electrons. The standard InChI is InChI=1S/C38H59FO5S/c1-8-27-33-34(39)31(41)19-21-38(33,7)30-18-20-37(6)28(16-17-29(37)32(30)35(27)42)23(2)10-9-11-25(40)22-45(43,44)26-14-12-24(13-15-26)36(3,4)5/h12-15,23,27-35,41-42H,8-11,16-22H2,1-7H3/t23-,27-,28?,29?,30?,31-,32?,33-,34+,35?,37-,38-/m1/s1. The van der Waals surface area contributed by atoms with Crippen molar-refractivity contribution in [2.75, 3.05) is 5.75 Å². The zero-order valence-corrected chi connectivity index (χ0v) is 29.6. The summed E-state index contributed by atoms with van der Waals surface area (Å²) in [5, 5.41) is 22.4. The highest BCUT2D eigenvalue weighted by Crippen LogP contribution is 2.69. The van der Waals surface area contributed by atoms with Gasteiger partial charge < -0.3 is 10.2 Å². The fourth-order valence-electron chi connectivity index (χ4n) is 11.3. The van der Waals surface area contributed by atoms with E-state index >= 15 is 4.39 Å². The second-order valence-corrected chi connectivity index (χ2v) is 19.1. The number of hydrogen-bond acceptors (Lipinski definition) is 5. The molecule has 0 radical (unpaired) electrons. The van der Waals surface area contributed by atoms with Gasteiger partial charge in [-0.15, -0.1) is 0 Å². The van der Waals surface area contributed by atoms with Gasteiger partial charge in [-0.3, -0.25) is 4.79 Å². The van der Waals surface area contributed by atoms with Crippen LogP contribution in [0.1, 0.15) is 118 Å². The zero-order chi connectivity index (χ0) is 33.1. The molecule has 4 aliphatic carbocycles. The number of carbonyl (C=O) groups excluding carboxylic acids is 1. The lowest BCUT2D eigenvalue weighted by atomic mass is 9.41. The van der Waals surface area contributed by atoms with E-state index in [2.05, 4.69) is 48.5 Å². The highest BCUT2D eigenvalue weighted by molar-refractivity contribution is 7.92. The van der Waals surface area contributed by atoms with Crippen molar-refractivity contribution >= 4 is 15.6 Å². The Bertz CT molecular complexity index is 1320. The number of carbonyl (C=O) groups is 1. The third-order valence-electron chi connectivity index (χ3n) is 13.7. The van der Waals surface area contributed by atoms with Crippen LogP contribution in [0.4, 0.5) is 4.39 Å². The van der Waals surface area contributed by atoms with Crippen LogP contribution in [0, 0.1) is 52.3 Å². The summed E-state index contributed by atoms with van der Waals surface area (Å²) in [4.78, 5) is 13.1. The summed E-state index contributed by atoms with van der Waals surface area (Å²) in [7, 11) is -3.67. The molecule has 12 atom stereocenters. The van der Waals surface area contributed by atoms with Gasteiger partial charge in [-0.2, -0.15) is 0 Å². The smallest absolute Gasteiger partial charge is 0.185 e. The third kappa shape index (κ3) is 6.21. The van der Waals surface area contributed by atoms with Crippen molar-refractivity contribution in [2.45, 2.75) is 141 Å². The van der Waals surface area contributed by atoms with Crippen LogP contribution in [0.5, 0.6) is 0 Å². The van der Waals surface area contributed by atoms with E-state index in [4.69, 9.17) is 0 Å². The van der Waals surface area contributed by atoms with Crippen molar-refractivity contribution in [3.63, 3.8) is 0 Å². The first-order valence-electron chi connectivity index (χ1n) is 17.8. The Morgan fingerprint density at radius 1 is 1.00 bits per heavy atom. The van der Waals surface area contributed by atoms with Crippen molar-refractivity contribution in [2.24, 2.45) is 52.3 Å². The Labute approximate surface area is 272 Å². The first-order valence-corrected chi connectivity index (χ1v) is 19.5. The fourth-order valence-corrected chi connectivity index (χ4v) is 12.6. The number of Topliss-reactive ketones (excluding diaryl/α,β-unsaturated/α-hetero) is 1. The quantitative estimate of drug-likeness (QED) is 0.287. The Morgan fingerprint density at radius 2 is 1.62 bits per heavy atom. The van der Waals surface area contributed by atoms with Gasteiger partial charge in [-0.25, -0.2) is 12.8 Å². The summed E-state index contributed by atoms with van der Waals surface area (Å²) in [5.74, 6) is 0.649. The summed E-state index contributed by atoms with van der Waals surface area (Å²) < 4.78 is 41.6. The number of hydrogen-bond donors (Lipinski definition) is 2. The molecule has 0 saturated heterocycles. The van der Waals surface area contributed by atoms with Crippen molar-refractivity contribution in [1.29, 1.82) is 0 Å². The van der Waals surface area contributed by atoms with Crippen LogP contribution in [-0.2, 0) is 20.0 Å². The minimum absolute atomic E-state index is 0.0707. The largest absolute Gasteiger partial charge is 0.393 e. The van der Waals surface area contributed by atoms with Gasteiger partial charge in [0.2, 0.25) is 0 Å². The molecule has 4 saturated carbocycles. The highest BCUT2D eigenvalue weighted by Gasteiger charge is 2.66. The molecular weight excluding hydrogens is 587 g/mol. The molecule has 0 bridgehead atoms. The van der Waals surface area contributed by atoms with E-state index in [0.717, 1.165) is 50.5 Å². The van der Waals surface area contributed by atoms with E-state index in [1.165, 1.54) is 0 Å². The van der Waals surface area contributed by atoms with Crippen LogP contribution in [-0.4, -0.2) is 48.5 Å². The molecule has 0 amide bonds. The van der Waals surface area contributed by atoms with Gasteiger partial charge in [0, 0.05) is 12.3 Å². The van der Waals surface area contributed by atoms with Crippen LogP contribution in [0.2, 0.25) is 0 Å². The zero-order valence-electron chi connectivity index (χ0n) is 28.8. The maximum atomic E-state index is 15.6. The van der Waals surface area contributed by atoms with Crippen LogP contribution in [0.25, 0.3) is 0 Å². The van der Waals surface area contributed by atoms with Crippen LogP contribution < -0.4 is 0 Å². The SMILES string of the molecule is CC[C@H]1C(O)C2C3CCC([C@H](C)CCCC(=O)CS(=O)(=O)c4ccc(C(C)(C)C)cc4)[C@@]3(C)CCC2[C@@]2(C)CC[C@@H](O)[C@H](F)[C@@H]12. The summed E-state index contributed by atoms with van der Waals surface area (Å²) in [5.41, 5.74) is 0.892. The number of ketones is 1. The van der Waals surface area contributed by atoms with E-state index in [-0.39, 0.29) is 57.0 Å². The molecule has 1 aromatic carbocycles. The average Bonchev–Trinajstić information content (AvgIpc) is 3.32. The molecule has 5 rings (SSSR count). The Morgan fingerprint density at radius 3 is 2.24 bits per heavy atom. The van der Waals surface area contributed by atoms with Crippen molar-refractivity contribution in [3.05, 3.63) is 29.8 Å². The molecule has 7 heteroatoms. The summed E-state index contributed by atoms with van der Waals surface area (Å²) in [6, 6.07) is 6.92. The average molecular weight is 647 g/mol. The molecule has 0 spiro atoms. The molecule has 45 heavy (non-hydrogen) atoms. The Kier molecular flexibility index (Phi) is 9.81. The van der Waals surface area contributed by atoms with E-state index in [0.29, 0.717) is 30.6 Å². The monoisotopic (exact) mass is 646 g/mol. The van der Waals surface area contributed by atoms with Gasteiger partial charge in [0.15, 0.2) is 9.84 Å². The molecule has 0 aromatic heterocycles. The molecule has 0 heterocycles. The fraction of sp³-hybridized carbons (Fsp3) is 0.816. The maximum absolute atomic E-state index is 15.6. The Hall–Kier alpha value is -1.31. The van der Waals surface area contributed by atoms with Crippen LogP contribution in [0.15, 0.2) is 29.2 Å². The van der Waals surface area contributed by atoms with Gasteiger partial charge in [0.1, 0.15) is 17.7 Å². The summed E-state index contributed by atoms with van der Waals surface area (Å²) >= 11 is 0. The topological polar surface area (TPSA) is 91.7 Å². The lowest BCUT2D eigenvalue weighted by Crippen LogP contribution is -2.65. The molecule has 0 aliphatic heterocycles. The van der Waals surface area contributed by atoms with Gasteiger partial charge in [0.05, 0.1) is 17.1 Å². The van der Waals surface area contributed by atoms with Crippen LogP contribution >= 0.6 is 0 Å². The molecule has 1 aromatic rings. The first-order chi connectivity index (χ1) is 21.0. The lowest BCUT2D eigenvalue weighted by molar-refractivity contribution is -0.222. The predicted octanol–water partition coefficient (Wildman–Crippen LogP) is 7.71.